The molecule has 384 valence electrons. The summed E-state index contributed by atoms with van der Waals surface area (Å²) in [6.45, 7) is 2.10. The van der Waals surface area contributed by atoms with Gasteiger partial charge in [0.15, 0.2) is 0 Å². The van der Waals surface area contributed by atoms with Crippen LogP contribution < -0.4 is 54.0 Å². The smallest absolute Gasteiger partial charge is 0.245 e. The molecular weight excluding hydrogens is 937 g/mol. The molecule has 0 radical (unpaired) electrons. The quantitative estimate of drug-likeness (QED) is 0.0648. The highest BCUT2D eigenvalue weighted by Crippen LogP contribution is 2.35. The first kappa shape index (κ1) is 55.5. The summed E-state index contributed by atoms with van der Waals surface area (Å²) < 4.78 is 0. The number of fused-ring (bicyclic) bond motifs is 1. The second kappa shape index (κ2) is 27.2. The number of unbranched alkanes of at least 4 members (excludes halogenated alkanes) is 1. The Morgan fingerprint density at radius 2 is 1.32 bits per heavy atom. The maximum Gasteiger partial charge on any atom is 0.245 e. The molecular formula is C49H66N10O11S. The number of carbonyl (C=O) groups is 8. The standard InChI is InChI=1S/C49H66N10O11S/c1-27(61)38(24-60)56-48(69)40-26-71-25-39(57-43(64)33(51)21-29-13-5-3-6-14-29)47(68)54-36(22-30-15-7-4-8-16-30)45(66)55-37(23-32-31-17-9-10-18-34(31)52-42(32)63)46(67)53-35(19-11-12-20-50)44(65)59-41(28(2)62)49(70)58-40/h3-10,13-18,27-28,32-33,35-41,60-62H,11-12,19-26,50-51H2,1-2H3,(H,52,63)(H,53,67)(H,54,68)(H,55,66)(H,56,69)(H,57,64)(H,58,70)(H,59,65)/t27-,28-,32?,33-,35+,36+,37-,38-,39+,40+,41+/m1/s1. The van der Waals surface area contributed by atoms with E-state index in [9.17, 15) is 53.7 Å². The first-order valence-corrected chi connectivity index (χ1v) is 24.8. The first-order valence-electron chi connectivity index (χ1n) is 23.6. The van der Waals surface area contributed by atoms with Crippen LogP contribution in [0.5, 0.6) is 0 Å². The average Bonchev–Trinajstić information content (AvgIpc) is 3.66. The fourth-order valence-electron chi connectivity index (χ4n) is 8.05. The summed E-state index contributed by atoms with van der Waals surface area (Å²) >= 11 is 0.922. The zero-order valence-electron chi connectivity index (χ0n) is 39.7. The van der Waals surface area contributed by atoms with E-state index in [1.54, 1.807) is 84.9 Å². The molecule has 2 aliphatic heterocycles. The molecule has 5 rings (SSSR count). The molecule has 0 bridgehead atoms. The third-order valence-corrected chi connectivity index (χ3v) is 13.3. The highest BCUT2D eigenvalue weighted by atomic mass is 32.2. The summed E-state index contributed by atoms with van der Waals surface area (Å²) in [6, 6.07) is 13.1. The minimum absolute atomic E-state index is 0.0191. The maximum atomic E-state index is 14.7. The van der Waals surface area contributed by atoms with E-state index in [2.05, 4.69) is 42.5 Å². The molecule has 0 saturated carbocycles. The van der Waals surface area contributed by atoms with E-state index in [0.717, 1.165) is 17.3 Å². The Morgan fingerprint density at radius 1 is 0.718 bits per heavy atom. The first-order chi connectivity index (χ1) is 34.0. The molecule has 11 atom stereocenters. The molecule has 1 unspecified atom stereocenters. The Hall–Kier alpha value is -6.43. The molecule has 0 spiro atoms. The van der Waals surface area contributed by atoms with Gasteiger partial charge in [0.1, 0.15) is 36.3 Å². The van der Waals surface area contributed by atoms with E-state index in [4.69, 9.17) is 11.5 Å². The number of rotatable bonds is 17. The van der Waals surface area contributed by atoms with E-state index in [-0.39, 0.29) is 43.7 Å². The van der Waals surface area contributed by atoms with E-state index in [0.29, 0.717) is 29.7 Å². The van der Waals surface area contributed by atoms with Crippen LogP contribution in [0.25, 0.3) is 0 Å². The second-order valence-corrected chi connectivity index (χ2v) is 18.8. The summed E-state index contributed by atoms with van der Waals surface area (Å²) in [7, 11) is 0. The van der Waals surface area contributed by atoms with Crippen LogP contribution in [0.3, 0.4) is 0 Å². The Balaban J connectivity index is 1.58. The van der Waals surface area contributed by atoms with Gasteiger partial charge in [-0.25, -0.2) is 0 Å². The number of hydrogen-bond acceptors (Lipinski definition) is 14. The lowest BCUT2D eigenvalue weighted by Gasteiger charge is -2.29. The SMILES string of the molecule is C[C@@H](O)[C@@H]1NC(=O)[C@H](CCCCN)NC(=O)[C@@H](CC2C(=O)Nc3ccccc32)NC(=O)[C@H](Cc2ccccc2)NC(=O)[C@@H](NC(=O)[C@H](N)Cc2ccccc2)CSC[C@@H](C(=O)N[C@H](CO)[C@@H](C)O)NC1=O. The van der Waals surface area contributed by atoms with Gasteiger partial charge in [-0.2, -0.15) is 11.8 Å². The van der Waals surface area contributed by atoms with Crippen molar-refractivity contribution in [3.63, 3.8) is 0 Å². The molecule has 15 N–H and O–H groups in total. The summed E-state index contributed by atoms with van der Waals surface area (Å²) in [5.41, 5.74) is 14.5. The molecule has 3 aromatic carbocycles. The van der Waals surface area contributed by atoms with Crippen LogP contribution in [-0.4, -0.2) is 148 Å². The zero-order chi connectivity index (χ0) is 51.6. The largest absolute Gasteiger partial charge is 0.394 e. The topological polar surface area (TPSA) is 346 Å². The van der Waals surface area contributed by atoms with Crippen molar-refractivity contribution in [1.29, 1.82) is 0 Å². The summed E-state index contributed by atoms with van der Waals surface area (Å²) in [6.07, 6.45) is -2.41. The van der Waals surface area contributed by atoms with Crippen molar-refractivity contribution in [3.8, 4) is 0 Å². The predicted octanol–water partition coefficient (Wildman–Crippen LogP) is -2.05. The van der Waals surface area contributed by atoms with Crippen LogP contribution in [0.15, 0.2) is 84.9 Å². The highest BCUT2D eigenvalue weighted by Gasteiger charge is 2.39. The number of para-hydroxylation sites is 1. The summed E-state index contributed by atoms with van der Waals surface area (Å²) in [5, 5.41) is 52.2. The molecule has 0 aromatic heterocycles. The molecule has 71 heavy (non-hydrogen) atoms. The minimum atomic E-state index is -1.72. The van der Waals surface area contributed by atoms with Crippen molar-refractivity contribution in [1.82, 2.24) is 37.2 Å². The van der Waals surface area contributed by atoms with Crippen LogP contribution >= 0.6 is 11.8 Å². The number of nitrogens with two attached hydrogens (primary N) is 2. The molecule has 21 nitrogen and oxygen atoms in total. The minimum Gasteiger partial charge on any atom is -0.394 e. The monoisotopic (exact) mass is 1000 g/mol. The third-order valence-electron chi connectivity index (χ3n) is 12.1. The Morgan fingerprint density at radius 3 is 1.97 bits per heavy atom. The molecule has 0 aliphatic carbocycles. The molecule has 2 aliphatic rings. The molecule has 22 heteroatoms. The van der Waals surface area contributed by atoms with Gasteiger partial charge in [-0.1, -0.05) is 78.9 Å². The van der Waals surface area contributed by atoms with Crippen molar-refractivity contribution >= 4 is 64.7 Å². The van der Waals surface area contributed by atoms with Crippen LogP contribution in [0, 0.1) is 0 Å². The van der Waals surface area contributed by atoms with E-state index in [1.807, 2.05) is 0 Å². The maximum absolute atomic E-state index is 14.7. The number of aliphatic hydroxyl groups excluding tert-OH is 3. The predicted molar refractivity (Wildman–Crippen MR) is 265 cm³/mol. The van der Waals surface area contributed by atoms with Crippen LogP contribution in [-0.2, 0) is 51.2 Å². The summed E-state index contributed by atoms with van der Waals surface area (Å²) in [5.74, 6) is -8.17. The average molecular weight is 1000 g/mol. The van der Waals surface area contributed by atoms with Gasteiger partial charge in [-0.05, 0) is 75.3 Å². The van der Waals surface area contributed by atoms with Gasteiger partial charge in [0.2, 0.25) is 47.3 Å². The number of aliphatic hydroxyl groups is 3. The molecule has 2 heterocycles. The van der Waals surface area contributed by atoms with E-state index < -0.39 is 120 Å². The van der Waals surface area contributed by atoms with Gasteiger partial charge >= 0.3 is 0 Å². The Bertz CT molecular complexity index is 2310. The van der Waals surface area contributed by atoms with Crippen molar-refractivity contribution in [2.45, 2.75) is 119 Å². The van der Waals surface area contributed by atoms with Crippen LogP contribution in [0.4, 0.5) is 5.69 Å². The number of amides is 8. The lowest BCUT2D eigenvalue weighted by atomic mass is 9.92. The second-order valence-electron chi connectivity index (χ2n) is 17.7. The Labute approximate surface area is 416 Å². The normalized spacial score (nSPS) is 24.3. The van der Waals surface area contributed by atoms with Gasteiger partial charge in [-0.15, -0.1) is 0 Å². The highest BCUT2D eigenvalue weighted by molar-refractivity contribution is 7.99. The van der Waals surface area contributed by atoms with Crippen molar-refractivity contribution in [3.05, 3.63) is 102 Å². The lowest BCUT2D eigenvalue weighted by molar-refractivity contribution is -0.137. The molecule has 1 saturated heterocycles. The van der Waals surface area contributed by atoms with Crippen LogP contribution in [0.2, 0.25) is 0 Å². The Kier molecular flexibility index (Phi) is 21.3. The molecule has 8 amide bonds. The third kappa shape index (κ3) is 16.3. The number of anilines is 1. The number of carbonyl (C=O) groups excluding carboxylic acids is 8. The van der Waals surface area contributed by atoms with Crippen molar-refractivity contribution in [2.24, 2.45) is 11.5 Å². The number of hydrogen-bond donors (Lipinski definition) is 13. The van der Waals surface area contributed by atoms with Gasteiger partial charge < -0.3 is 69.3 Å². The van der Waals surface area contributed by atoms with Crippen molar-refractivity contribution < 1.29 is 53.7 Å². The van der Waals surface area contributed by atoms with Crippen LogP contribution in [0.1, 0.15) is 62.1 Å². The zero-order valence-corrected chi connectivity index (χ0v) is 40.5. The number of benzene rings is 3. The van der Waals surface area contributed by atoms with E-state index in [1.165, 1.54) is 13.8 Å². The lowest BCUT2D eigenvalue weighted by Crippen LogP contribution is -2.62. The van der Waals surface area contributed by atoms with Gasteiger partial charge in [-0.3, -0.25) is 38.4 Å². The van der Waals surface area contributed by atoms with Gasteiger partial charge in [0, 0.05) is 23.6 Å². The van der Waals surface area contributed by atoms with Crippen molar-refractivity contribution in [2.75, 3.05) is 30.0 Å². The summed E-state index contributed by atoms with van der Waals surface area (Å²) in [4.78, 5) is 113. The molecule has 1 fully saturated rings. The fourth-order valence-corrected chi connectivity index (χ4v) is 9.12. The number of thioether (sulfide) groups is 1. The van der Waals surface area contributed by atoms with Gasteiger partial charge in [0.05, 0.1) is 36.8 Å². The van der Waals surface area contributed by atoms with E-state index >= 15 is 0 Å². The van der Waals surface area contributed by atoms with Gasteiger partial charge in [0.25, 0.3) is 0 Å². The fraction of sp³-hybridized carbons (Fsp3) is 0.469. The number of nitrogens with one attached hydrogen (secondary N) is 8. The molecule has 3 aromatic rings.